The van der Waals surface area contributed by atoms with Crippen LogP contribution in [0.5, 0.6) is 0 Å². The van der Waals surface area contributed by atoms with E-state index in [0.717, 1.165) is 24.1 Å². The number of rotatable bonds is 4. The second-order valence-electron chi connectivity index (χ2n) is 8.75. The summed E-state index contributed by atoms with van der Waals surface area (Å²) in [6.45, 7) is 1.15. The number of carbonyl (C=O) groups is 3. The molecule has 2 aliphatic heterocycles. The van der Waals surface area contributed by atoms with Crippen LogP contribution in [0.25, 0.3) is 0 Å². The summed E-state index contributed by atoms with van der Waals surface area (Å²) < 4.78 is 0. The van der Waals surface area contributed by atoms with E-state index in [2.05, 4.69) is 16.7 Å². The fourth-order valence-corrected chi connectivity index (χ4v) is 5.37. The molecule has 1 saturated heterocycles. The molecule has 3 fully saturated rings. The van der Waals surface area contributed by atoms with Crippen molar-refractivity contribution >= 4 is 17.7 Å². The third-order valence-corrected chi connectivity index (χ3v) is 7.35. The Labute approximate surface area is 164 Å². The molecule has 5 rings (SSSR count). The summed E-state index contributed by atoms with van der Waals surface area (Å²) in [5.41, 5.74) is 9.23. The monoisotopic (exact) mass is 382 g/mol. The van der Waals surface area contributed by atoms with Crippen molar-refractivity contribution in [3.05, 3.63) is 34.9 Å². The Morgan fingerprint density at radius 1 is 1.25 bits per heavy atom. The molecule has 7 heteroatoms. The lowest BCUT2D eigenvalue weighted by Gasteiger charge is -2.60. The van der Waals surface area contributed by atoms with Gasteiger partial charge in [0.05, 0.1) is 0 Å². The quantitative estimate of drug-likeness (QED) is 0.669. The van der Waals surface area contributed by atoms with Crippen LogP contribution >= 0.6 is 0 Å². The van der Waals surface area contributed by atoms with Gasteiger partial charge in [0.25, 0.3) is 5.91 Å². The van der Waals surface area contributed by atoms with Crippen molar-refractivity contribution in [2.75, 3.05) is 0 Å². The number of piperidine rings is 1. The molecule has 3 amide bonds. The Morgan fingerprint density at radius 3 is 2.75 bits per heavy atom. The minimum Gasteiger partial charge on any atom is -0.327 e. The summed E-state index contributed by atoms with van der Waals surface area (Å²) >= 11 is 0. The number of benzene rings is 1. The van der Waals surface area contributed by atoms with Crippen LogP contribution < -0.4 is 16.4 Å². The van der Waals surface area contributed by atoms with Gasteiger partial charge < -0.3 is 16.0 Å². The number of hydrogen-bond donors (Lipinski definition) is 3. The summed E-state index contributed by atoms with van der Waals surface area (Å²) in [6, 6.07) is 6.22. The third-order valence-electron chi connectivity index (χ3n) is 7.35. The van der Waals surface area contributed by atoms with Gasteiger partial charge in [-0.1, -0.05) is 18.6 Å². The summed E-state index contributed by atoms with van der Waals surface area (Å²) in [5, 5.41) is 5.99. The van der Waals surface area contributed by atoms with Gasteiger partial charge in [-0.15, -0.1) is 0 Å². The van der Waals surface area contributed by atoms with Gasteiger partial charge in [-0.25, -0.2) is 0 Å². The van der Waals surface area contributed by atoms with Gasteiger partial charge in [0.1, 0.15) is 6.04 Å². The minimum atomic E-state index is -0.561. The fraction of sp³-hybridized carbons (Fsp3) is 0.571. The van der Waals surface area contributed by atoms with Crippen LogP contribution in [0.15, 0.2) is 18.2 Å². The lowest BCUT2D eigenvalue weighted by molar-refractivity contribution is -0.136. The maximum Gasteiger partial charge on any atom is 0.255 e. The number of hydrogen-bond acceptors (Lipinski definition) is 5. The Balaban J connectivity index is 1.26. The Kier molecular flexibility index (Phi) is 4.07. The standard InChI is InChI=1S/C21H26N4O3/c22-16-9-17(21(16)6-1-7-21)23-10-12-2-3-13-11-25(20(28)14(13)8-12)15-4-5-18(26)24-19(15)27/h2-3,8,15-17,23H,1,4-7,9-11,22H2,(H,24,26,27). The zero-order valence-corrected chi connectivity index (χ0v) is 15.9. The molecule has 0 radical (unpaired) electrons. The van der Waals surface area contributed by atoms with Crippen molar-refractivity contribution in [3.8, 4) is 0 Å². The number of nitrogens with one attached hydrogen (secondary N) is 2. The minimum absolute atomic E-state index is 0.118. The third kappa shape index (κ3) is 2.60. The maximum atomic E-state index is 12.9. The number of fused-ring (bicyclic) bond motifs is 1. The molecule has 2 heterocycles. The topological polar surface area (TPSA) is 105 Å². The predicted molar refractivity (Wildman–Crippen MR) is 102 cm³/mol. The smallest absolute Gasteiger partial charge is 0.255 e. The fourth-order valence-electron chi connectivity index (χ4n) is 5.37. The Hall–Kier alpha value is -2.25. The summed E-state index contributed by atoms with van der Waals surface area (Å²) in [5.74, 6) is -0.752. The highest BCUT2D eigenvalue weighted by Crippen LogP contribution is 2.55. The first-order chi connectivity index (χ1) is 13.5. The molecule has 2 saturated carbocycles. The average Bonchev–Trinajstić information content (AvgIpc) is 2.93. The van der Waals surface area contributed by atoms with Crippen molar-refractivity contribution in [2.24, 2.45) is 11.1 Å². The lowest BCUT2D eigenvalue weighted by atomic mass is 9.50. The molecule has 1 aromatic carbocycles. The highest BCUT2D eigenvalue weighted by molar-refractivity contribution is 6.05. The van der Waals surface area contributed by atoms with Gasteiger partial charge in [0.15, 0.2) is 0 Å². The van der Waals surface area contributed by atoms with E-state index >= 15 is 0 Å². The molecule has 1 aromatic rings. The predicted octanol–water partition coefficient (Wildman–Crippen LogP) is 0.807. The molecule has 0 aromatic heterocycles. The van der Waals surface area contributed by atoms with Crippen LogP contribution in [0, 0.1) is 5.41 Å². The van der Waals surface area contributed by atoms with E-state index < -0.39 is 6.04 Å². The highest BCUT2D eigenvalue weighted by Gasteiger charge is 2.56. The summed E-state index contributed by atoms with van der Waals surface area (Å²) in [6.07, 6.45) is 5.40. The second kappa shape index (κ2) is 6.39. The molecule has 0 bridgehead atoms. The van der Waals surface area contributed by atoms with E-state index in [0.29, 0.717) is 36.0 Å². The normalized spacial score (nSPS) is 30.7. The first kappa shape index (κ1) is 17.8. The molecule has 7 nitrogen and oxygen atoms in total. The van der Waals surface area contributed by atoms with Gasteiger partial charge >= 0.3 is 0 Å². The second-order valence-corrected chi connectivity index (χ2v) is 8.75. The van der Waals surface area contributed by atoms with E-state index in [1.54, 1.807) is 4.90 Å². The van der Waals surface area contributed by atoms with Crippen molar-refractivity contribution in [1.29, 1.82) is 0 Å². The van der Waals surface area contributed by atoms with Crippen molar-refractivity contribution in [3.63, 3.8) is 0 Å². The molecule has 4 N–H and O–H groups in total. The SMILES string of the molecule is NC1CC(NCc2ccc3c(c2)C(=O)N(C2CCC(=O)NC2=O)C3)C12CCC2. The van der Waals surface area contributed by atoms with Crippen LogP contribution in [-0.4, -0.2) is 40.7 Å². The van der Waals surface area contributed by atoms with Gasteiger partial charge in [-0.3, -0.25) is 19.7 Å². The molecule has 2 aliphatic carbocycles. The lowest BCUT2D eigenvalue weighted by Crippen LogP contribution is -2.69. The van der Waals surface area contributed by atoms with Gasteiger partial charge in [0, 0.05) is 42.6 Å². The van der Waals surface area contributed by atoms with E-state index in [1.807, 2.05) is 12.1 Å². The molecule has 28 heavy (non-hydrogen) atoms. The number of nitrogens with zero attached hydrogens (tertiary/aromatic N) is 1. The van der Waals surface area contributed by atoms with E-state index in [-0.39, 0.29) is 24.1 Å². The van der Waals surface area contributed by atoms with Crippen molar-refractivity contribution in [2.45, 2.75) is 69.7 Å². The maximum absolute atomic E-state index is 12.9. The summed E-state index contributed by atoms with van der Waals surface area (Å²) in [7, 11) is 0. The van der Waals surface area contributed by atoms with Crippen LogP contribution in [-0.2, 0) is 22.7 Å². The Bertz CT molecular complexity index is 863. The van der Waals surface area contributed by atoms with Gasteiger partial charge in [0.2, 0.25) is 11.8 Å². The van der Waals surface area contributed by atoms with Crippen molar-refractivity contribution in [1.82, 2.24) is 15.5 Å². The largest absolute Gasteiger partial charge is 0.327 e. The molecule has 3 unspecified atom stereocenters. The van der Waals surface area contributed by atoms with Gasteiger partial charge in [-0.2, -0.15) is 0 Å². The first-order valence-electron chi connectivity index (χ1n) is 10.2. The van der Waals surface area contributed by atoms with Crippen LogP contribution in [0.3, 0.4) is 0 Å². The molecule has 4 aliphatic rings. The van der Waals surface area contributed by atoms with Crippen LogP contribution in [0.4, 0.5) is 0 Å². The molecule has 3 atom stereocenters. The van der Waals surface area contributed by atoms with Crippen molar-refractivity contribution < 1.29 is 14.4 Å². The zero-order chi connectivity index (χ0) is 19.5. The molecule has 148 valence electrons. The first-order valence-corrected chi connectivity index (χ1v) is 10.2. The Morgan fingerprint density at radius 2 is 2.07 bits per heavy atom. The van der Waals surface area contributed by atoms with E-state index in [1.165, 1.54) is 19.3 Å². The van der Waals surface area contributed by atoms with E-state index in [9.17, 15) is 14.4 Å². The van der Waals surface area contributed by atoms with Crippen LogP contribution in [0.2, 0.25) is 0 Å². The number of carbonyl (C=O) groups excluding carboxylic acids is 3. The molecular formula is C21H26N4O3. The van der Waals surface area contributed by atoms with E-state index in [4.69, 9.17) is 5.73 Å². The van der Waals surface area contributed by atoms with Crippen LogP contribution in [0.1, 0.15) is 60.0 Å². The molecular weight excluding hydrogens is 356 g/mol. The molecule has 1 spiro atoms. The number of imide groups is 1. The average molecular weight is 382 g/mol. The number of nitrogens with two attached hydrogens (primary N) is 1. The summed E-state index contributed by atoms with van der Waals surface area (Å²) in [4.78, 5) is 38.0. The number of amides is 3. The van der Waals surface area contributed by atoms with Gasteiger partial charge in [-0.05, 0) is 42.9 Å². The highest BCUT2D eigenvalue weighted by atomic mass is 16.2. The zero-order valence-electron chi connectivity index (χ0n) is 15.9.